The van der Waals surface area contributed by atoms with Gasteiger partial charge in [0.25, 0.3) is 0 Å². The number of benzene rings is 1. The summed E-state index contributed by atoms with van der Waals surface area (Å²) in [7, 11) is 0. The number of hydrogen-bond acceptors (Lipinski definition) is 5. The Labute approximate surface area is 198 Å². The molecular weight excluding hydrogens is 439 g/mol. The van der Waals surface area contributed by atoms with Gasteiger partial charge < -0.3 is 15.1 Å². The van der Waals surface area contributed by atoms with Crippen molar-refractivity contribution in [3.63, 3.8) is 0 Å². The van der Waals surface area contributed by atoms with E-state index in [1.165, 1.54) is 6.07 Å². The zero-order chi connectivity index (χ0) is 24.2. The molecule has 1 saturated heterocycles. The lowest BCUT2D eigenvalue weighted by molar-refractivity contribution is -0.135. The van der Waals surface area contributed by atoms with Crippen LogP contribution in [-0.4, -0.2) is 65.2 Å². The van der Waals surface area contributed by atoms with Crippen LogP contribution >= 0.6 is 0 Å². The first-order chi connectivity index (χ1) is 16.3. The van der Waals surface area contributed by atoms with Gasteiger partial charge in [0.1, 0.15) is 5.82 Å². The largest absolute Gasteiger partial charge is 0.365 e. The maximum atomic E-state index is 14.3. The van der Waals surface area contributed by atoms with Crippen LogP contribution in [0.5, 0.6) is 0 Å². The smallest absolute Gasteiger partial charge is 0.321 e. The molecule has 0 radical (unpaired) electrons. The molecule has 34 heavy (non-hydrogen) atoms. The van der Waals surface area contributed by atoms with E-state index in [2.05, 4.69) is 25.7 Å². The number of halogens is 1. The summed E-state index contributed by atoms with van der Waals surface area (Å²) >= 11 is 0. The molecule has 9 nitrogen and oxygen atoms in total. The van der Waals surface area contributed by atoms with Gasteiger partial charge in [0.15, 0.2) is 0 Å². The summed E-state index contributed by atoms with van der Waals surface area (Å²) in [6.07, 6.45) is 5.70. The van der Waals surface area contributed by atoms with Crippen molar-refractivity contribution in [3.8, 4) is 11.1 Å². The monoisotopic (exact) mass is 470 g/mol. The second kappa shape index (κ2) is 10.2. The lowest BCUT2D eigenvalue weighted by atomic mass is 10.0. The number of piperazine rings is 1. The number of rotatable bonds is 7. The lowest BCUT2D eigenvalue weighted by Crippen LogP contribution is -2.55. The van der Waals surface area contributed by atoms with Gasteiger partial charge >= 0.3 is 6.03 Å². The topological polar surface area (TPSA) is 110 Å². The molecule has 2 heterocycles. The molecule has 4 rings (SSSR count). The van der Waals surface area contributed by atoms with Crippen LogP contribution in [0.3, 0.4) is 0 Å². The van der Waals surface area contributed by atoms with Gasteiger partial charge in [-0.2, -0.15) is 5.10 Å². The highest BCUT2D eigenvalue weighted by atomic mass is 19.1. The third-order valence-electron chi connectivity index (χ3n) is 6.44. The lowest BCUT2D eigenvalue weighted by Gasteiger charge is -2.42. The van der Waals surface area contributed by atoms with Crippen molar-refractivity contribution in [1.29, 1.82) is 0 Å². The van der Waals surface area contributed by atoms with Gasteiger partial charge in [-0.05, 0) is 43.9 Å². The predicted molar refractivity (Wildman–Crippen MR) is 125 cm³/mol. The van der Waals surface area contributed by atoms with Crippen molar-refractivity contribution in [3.05, 3.63) is 36.4 Å². The molecule has 1 aromatic heterocycles. The number of nitrogens with zero attached hydrogens (tertiary/aromatic N) is 3. The molecule has 1 aliphatic heterocycles. The second-order valence-electron chi connectivity index (χ2n) is 9.28. The van der Waals surface area contributed by atoms with Crippen molar-refractivity contribution in [2.45, 2.75) is 39.2 Å². The SMILES string of the molecule is C[C@@H](CNC(=O)NC(=O)CC1CC1)C(=O)N1CCN(c2ccc(F)c(-c3cn[nH]c3)c2)[C@@H](C)C1. The molecule has 0 spiro atoms. The summed E-state index contributed by atoms with van der Waals surface area (Å²) in [5.41, 5.74) is 2.05. The van der Waals surface area contributed by atoms with Crippen molar-refractivity contribution < 1.29 is 18.8 Å². The minimum absolute atomic E-state index is 0.0314. The average Bonchev–Trinajstić information content (AvgIpc) is 3.45. The molecule has 2 atom stereocenters. The quantitative estimate of drug-likeness (QED) is 0.576. The number of H-pyrrole nitrogens is 1. The third kappa shape index (κ3) is 5.73. The van der Waals surface area contributed by atoms with Gasteiger partial charge in [-0.15, -0.1) is 0 Å². The van der Waals surface area contributed by atoms with Crippen LogP contribution < -0.4 is 15.5 Å². The van der Waals surface area contributed by atoms with Crippen molar-refractivity contribution in [2.75, 3.05) is 31.1 Å². The van der Waals surface area contributed by atoms with E-state index in [9.17, 15) is 18.8 Å². The fourth-order valence-corrected chi connectivity index (χ4v) is 4.30. The molecule has 1 aromatic carbocycles. The number of urea groups is 1. The standard InChI is InChI=1S/C24H31FN6O3/c1-15(11-26-24(34)29-22(32)9-17-3-4-17)23(33)30-7-8-31(16(2)14-30)19-5-6-21(25)20(10-19)18-12-27-28-13-18/h5-6,10,12-13,15-17H,3-4,7-9,11,14H2,1-2H3,(H,27,28)(H2,26,29,32,34)/t15-,16-/m0/s1. The zero-order valence-corrected chi connectivity index (χ0v) is 19.5. The van der Waals surface area contributed by atoms with E-state index >= 15 is 0 Å². The molecule has 0 unspecified atom stereocenters. The highest BCUT2D eigenvalue weighted by Gasteiger charge is 2.30. The normalized spacial score (nSPS) is 19.0. The Balaban J connectivity index is 1.28. The zero-order valence-electron chi connectivity index (χ0n) is 19.5. The summed E-state index contributed by atoms with van der Waals surface area (Å²) in [5, 5.41) is 11.6. The minimum Gasteiger partial charge on any atom is -0.365 e. The van der Waals surface area contributed by atoms with E-state index < -0.39 is 11.9 Å². The molecule has 182 valence electrons. The fraction of sp³-hybridized carbons (Fsp3) is 0.500. The Morgan fingerprint density at radius 2 is 2.06 bits per heavy atom. The van der Waals surface area contributed by atoms with E-state index in [0.717, 1.165) is 18.5 Å². The summed E-state index contributed by atoms with van der Waals surface area (Å²) in [6, 6.07) is 4.49. The van der Waals surface area contributed by atoms with E-state index in [1.54, 1.807) is 30.3 Å². The van der Waals surface area contributed by atoms with Crippen molar-refractivity contribution in [1.82, 2.24) is 25.7 Å². The molecular formula is C24H31FN6O3. The molecule has 3 N–H and O–H groups in total. The number of anilines is 1. The first-order valence-electron chi connectivity index (χ1n) is 11.7. The first-order valence-corrected chi connectivity index (χ1v) is 11.7. The van der Waals surface area contributed by atoms with E-state index in [4.69, 9.17) is 0 Å². The number of aromatic amines is 1. The Morgan fingerprint density at radius 1 is 1.26 bits per heavy atom. The van der Waals surface area contributed by atoms with Gasteiger partial charge in [-0.1, -0.05) is 6.92 Å². The van der Waals surface area contributed by atoms with Crippen LogP contribution in [0.1, 0.15) is 33.1 Å². The van der Waals surface area contributed by atoms with Crippen LogP contribution in [0, 0.1) is 17.7 Å². The van der Waals surface area contributed by atoms with Gasteiger partial charge in [0, 0.05) is 61.7 Å². The summed E-state index contributed by atoms with van der Waals surface area (Å²) in [4.78, 5) is 40.6. The molecule has 2 aliphatic rings. The molecule has 1 saturated carbocycles. The van der Waals surface area contributed by atoms with Crippen molar-refractivity contribution in [2.24, 2.45) is 11.8 Å². The maximum absolute atomic E-state index is 14.3. The Hall–Kier alpha value is -3.43. The highest BCUT2D eigenvalue weighted by molar-refractivity contribution is 5.94. The summed E-state index contributed by atoms with van der Waals surface area (Å²) in [5.74, 6) is -0.649. The number of carbonyl (C=O) groups is 3. The van der Waals surface area contributed by atoms with Gasteiger partial charge in [-0.25, -0.2) is 9.18 Å². The molecule has 2 fully saturated rings. The van der Waals surface area contributed by atoms with Crippen LogP contribution in [0.15, 0.2) is 30.6 Å². The fourth-order valence-electron chi connectivity index (χ4n) is 4.30. The molecule has 0 bridgehead atoms. The number of amides is 4. The number of aromatic nitrogens is 2. The molecule has 10 heteroatoms. The van der Waals surface area contributed by atoms with Gasteiger partial charge in [-0.3, -0.25) is 20.0 Å². The number of imide groups is 1. The summed E-state index contributed by atoms with van der Waals surface area (Å²) < 4.78 is 14.3. The number of hydrogen-bond donors (Lipinski definition) is 3. The Morgan fingerprint density at radius 3 is 2.74 bits per heavy atom. The predicted octanol–water partition coefficient (Wildman–Crippen LogP) is 2.51. The van der Waals surface area contributed by atoms with E-state index in [0.29, 0.717) is 43.1 Å². The first kappa shape index (κ1) is 23.7. The molecule has 1 aliphatic carbocycles. The van der Waals surface area contributed by atoms with E-state index in [-0.39, 0.29) is 30.2 Å². The third-order valence-corrected chi connectivity index (χ3v) is 6.44. The van der Waals surface area contributed by atoms with Crippen LogP contribution in [-0.2, 0) is 9.59 Å². The highest BCUT2D eigenvalue weighted by Crippen LogP contribution is 2.32. The number of nitrogens with one attached hydrogen (secondary N) is 3. The Kier molecular flexibility index (Phi) is 7.14. The van der Waals surface area contributed by atoms with E-state index in [1.807, 2.05) is 13.0 Å². The second-order valence-corrected chi connectivity index (χ2v) is 9.28. The van der Waals surface area contributed by atoms with Crippen LogP contribution in [0.2, 0.25) is 0 Å². The van der Waals surface area contributed by atoms with Crippen LogP contribution in [0.4, 0.5) is 14.9 Å². The number of carbonyl (C=O) groups excluding carboxylic acids is 3. The summed E-state index contributed by atoms with van der Waals surface area (Å²) in [6.45, 7) is 5.61. The van der Waals surface area contributed by atoms with Gasteiger partial charge in [0.05, 0.1) is 12.1 Å². The van der Waals surface area contributed by atoms with Crippen LogP contribution in [0.25, 0.3) is 11.1 Å². The Bertz CT molecular complexity index is 1040. The average molecular weight is 471 g/mol. The molecule has 4 amide bonds. The van der Waals surface area contributed by atoms with Crippen molar-refractivity contribution >= 4 is 23.5 Å². The van der Waals surface area contributed by atoms with Gasteiger partial charge in [0.2, 0.25) is 11.8 Å². The maximum Gasteiger partial charge on any atom is 0.321 e. The molecule has 2 aromatic rings. The minimum atomic E-state index is -0.562.